The number of carboxylic acid groups (broad SMARTS) is 1. The molecular formula is C15H22N2O2S. The molecule has 1 aliphatic rings. The summed E-state index contributed by atoms with van der Waals surface area (Å²) < 4.78 is 0. The van der Waals surface area contributed by atoms with Crippen molar-refractivity contribution in [3.8, 4) is 0 Å². The van der Waals surface area contributed by atoms with Crippen LogP contribution < -0.4 is 11.1 Å². The second kappa shape index (κ2) is 6.39. The summed E-state index contributed by atoms with van der Waals surface area (Å²) in [5, 5.41) is 13.4. The standard InChI is InChI=1S/C15H22N2O2S/c1-9-7-11(8-13(14(9)16)15(18)19)17-10-3-5-12(20-2)6-4-10/h7-8,10,12,17H,3-6,16H2,1-2H3,(H,18,19). The number of anilines is 2. The van der Waals surface area contributed by atoms with Crippen molar-refractivity contribution >= 4 is 29.1 Å². The Hall–Kier alpha value is -1.36. The largest absolute Gasteiger partial charge is 0.478 e. The van der Waals surface area contributed by atoms with Crippen LogP contribution in [0.15, 0.2) is 12.1 Å². The van der Waals surface area contributed by atoms with Crippen LogP contribution in [-0.2, 0) is 0 Å². The number of hydrogen-bond acceptors (Lipinski definition) is 4. The van der Waals surface area contributed by atoms with Gasteiger partial charge in [0, 0.05) is 22.7 Å². The molecular weight excluding hydrogens is 272 g/mol. The van der Waals surface area contributed by atoms with Crippen LogP contribution in [0.1, 0.15) is 41.6 Å². The van der Waals surface area contributed by atoms with Crippen LogP contribution in [0, 0.1) is 6.92 Å². The quantitative estimate of drug-likeness (QED) is 0.742. The summed E-state index contributed by atoms with van der Waals surface area (Å²) in [5.41, 5.74) is 8.02. The molecule has 0 amide bonds. The fourth-order valence-corrected chi connectivity index (χ4v) is 3.48. The third-order valence-corrected chi connectivity index (χ3v) is 5.13. The minimum Gasteiger partial charge on any atom is -0.478 e. The molecule has 1 aromatic carbocycles. The molecule has 0 saturated heterocycles. The molecule has 4 nitrogen and oxygen atoms in total. The molecule has 110 valence electrons. The normalized spacial score (nSPS) is 22.5. The molecule has 0 unspecified atom stereocenters. The van der Waals surface area contributed by atoms with Gasteiger partial charge in [0.2, 0.25) is 0 Å². The van der Waals surface area contributed by atoms with E-state index in [0.717, 1.165) is 29.3 Å². The first-order valence-electron chi connectivity index (χ1n) is 6.94. The zero-order valence-corrected chi connectivity index (χ0v) is 12.8. The van der Waals surface area contributed by atoms with Gasteiger partial charge in [-0.05, 0) is 56.6 Å². The van der Waals surface area contributed by atoms with E-state index < -0.39 is 5.97 Å². The minimum atomic E-state index is -0.972. The third kappa shape index (κ3) is 3.39. The highest BCUT2D eigenvalue weighted by molar-refractivity contribution is 7.99. The lowest BCUT2D eigenvalue weighted by molar-refractivity contribution is 0.0698. The molecule has 1 aromatic rings. The molecule has 0 aromatic heterocycles. The summed E-state index contributed by atoms with van der Waals surface area (Å²) in [7, 11) is 0. The molecule has 1 fully saturated rings. The lowest BCUT2D eigenvalue weighted by atomic mass is 9.94. The van der Waals surface area contributed by atoms with Gasteiger partial charge in [0.25, 0.3) is 0 Å². The van der Waals surface area contributed by atoms with E-state index in [1.807, 2.05) is 24.8 Å². The van der Waals surface area contributed by atoms with Gasteiger partial charge < -0.3 is 16.2 Å². The van der Waals surface area contributed by atoms with Crippen molar-refractivity contribution in [1.82, 2.24) is 0 Å². The Kier molecular flexibility index (Phi) is 4.81. The van der Waals surface area contributed by atoms with E-state index in [1.165, 1.54) is 12.8 Å². The molecule has 0 heterocycles. The Morgan fingerprint density at radius 1 is 1.35 bits per heavy atom. The number of aryl methyl sites for hydroxylation is 1. The van der Waals surface area contributed by atoms with Gasteiger partial charge in [0.15, 0.2) is 0 Å². The van der Waals surface area contributed by atoms with Crippen molar-refractivity contribution in [2.24, 2.45) is 0 Å². The van der Waals surface area contributed by atoms with Crippen molar-refractivity contribution in [2.75, 3.05) is 17.3 Å². The molecule has 1 aliphatic carbocycles. The number of benzene rings is 1. The van der Waals surface area contributed by atoms with E-state index in [9.17, 15) is 9.90 Å². The summed E-state index contributed by atoms with van der Waals surface area (Å²) >= 11 is 1.94. The minimum absolute atomic E-state index is 0.185. The van der Waals surface area contributed by atoms with Gasteiger partial charge in [-0.25, -0.2) is 4.79 Å². The van der Waals surface area contributed by atoms with Crippen LogP contribution in [0.5, 0.6) is 0 Å². The van der Waals surface area contributed by atoms with Gasteiger partial charge in [-0.3, -0.25) is 0 Å². The molecule has 0 bridgehead atoms. The first kappa shape index (κ1) is 15.0. The molecule has 0 aliphatic heterocycles. The number of thioether (sulfide) groups is 1. The average molecular weight is 294 g/mol. The smallest absolute Gasteiger partial charge is 0.337 e. The lowest BCUT2D eigenvalue weighted by Gasteiger charge is -2.29. The fourth-order valence-electron chi connectivity index (χ4n) is 2.74. The maximum atomic E-state index is 11.2. The number of nitrogens with one attached hydrogen (secondary N) is 1. The summed E-state index contributed by atoms with van der Waals surface area (Å²) in [6, 6.07) is 4.01. The summed E-state index contributed by atoms with van der Waals surface area (Å²) in [5.74, 6) is -0.972. The molecule has 5 heteroatoms. The average Bonchev–Trinajstić information content (AvgIpc) is 2.43. The Labute approximate surface area is 124 Å². The number of rotatable bonds is 4. The monoisotopic (exact) mass is 294 g/mol. The second-order valence-electron chi connectivity index (χ2n) is 5.41. The number of nitrogens with two attached hydrogens (primary N) is 1. The summed E-state index contributed by atoms with van der Waals surface area (Å²) in [6.45, 7) is 1.84. The number of nitrogen functional groups attached to an aromatic ring is 1. The van der Waals surface area contributed by atoms with E-state index in [1.54, 1.807) is 6.07 Å². The van der Waals surface area contributed by atoms with Crippen molar-refractivity contribution in [2.45, 2.75) is 43.9 Å². The third-order valence-electron chi connectivity index (χ3n) is 4.00. The van der Waals surface area contributed by atoms with Crippen LogP contribution >= 0.6 is 11.8 Å². The predicted molar refractivity (Wildman–Crippen MR) is 85.7 cm³/mol. The van der Waals surface area contributed by atoms with Gasteiger partial charge in [-0.2, -0.15) is 11.8 Å². The van der Waals surface area contributed by atoms with E-state index in [4.69, 9.17) is 5.73 Å². The van der Waals surface area contributed by atoms with Crippen LogP contribution in [0.2, 0.25) is 0 Å². The molecule has 0 atom stereocenters. The van der Waals surface area contributed by atoms with E-state index in [0.29, 0.717) is 11.7 Å². The predicted octanol–water partition coefficient (Wildman–Crippen LogP) is 3.36. The second-order valence-corrected chi connectivity index (χ2v) is 6.55. The number of carbonyl (C=O) groups is 1. The van der Waals surface area contributed by atoms with Gasteiger partial charge in [0.05, 0.1) is 5.56 Å². The van der Waals surface area contributed by atoms with Gasteiger partial charge >= 0.3 is 5.97 Å². The van der Waals surface area contributed by atoms with Gasteiger partial charge in [-0.1, -0.05) is 0 Å². The van der Waals surface area contributed by atoms with E-state index in [-0.39, 0.29) is 5.56 Å². The Bertz CT molecular complexity index is 497. The number of hydrogen-bond donors (Lipinski definition) is 3. The van der Waals surface area contributed by atoms with Crippen molar-refractivity contribution < 1.29 is 9.90 Å². The summed E-state index contributed by atoms with van der Waals surface area (Å²) in [4.78, 5) is 11.2. The SMILES string of the molecule is CSC1CCC(Nc2cc(C)c(N)c(C(=O)O)c2)CC1. The van der Waals surface area contributed by atoms with Crippen molar-refractivity contribution in [3.05, 3.63) is 23.3 Å². The highest BCUT2D eigenvalue weighted by Crippen LogP contribution is 2.30. The fraction of sp³-hybridized carbons (Fsp3) is 0.533. The van der Waals surface area contributed by atoms with Gasteiger partial charge in [0.1, 0.15) is 0 Å². The van der Waals surface area contributed by atoms with Crippen LogP contribution in [0.3, 0.4) is 0 Å². The lowest BCUT2D eigenvalue weighted by Crippen LogP contribution is -2.27. The van der Waals surface area contributed by atoms with Crippen molar-refractivity contribution in [3.63, 3.8) is 0 Å². The zero-order chi connectivity index (χ0) is 14.7. The first-order valence-corrected chi connectivity index (χ1v) is 8.22. The Morgan fingerprint density at radius 3 is 2.55 bits per heavy atom. The summed E-state index contributed by atoms with van der Waals surface area (Å²) in [6.07, 6.45) is 6.88. The van der Waals surface area contributed by atoms with Crippen LogP contribution in [-0.4, -0.2) is 28.6 Å². The van der Waals surface area contributed by atoms with E-state index in [2.05, 4.69) is 11.6 Å². The van der Waals surface area contributed by atoms with Crippen LogP contribution in [0.25, 0.3) is 0 Å². The first-order chi connectivity index (χ1) is 9.51. The topological polar surface area (TPSA) is 75.3 Å². The Balaban J connectivity index is 2.08. The van der Waals surface area contributed by atoms with E-state index >= 15 is 0 Å². The molecule has 0 spiro atoms. The highest BCUT2D eigenvalue weighted by atomic mass is 32.2. The molecule has 20 heavy (non-hydrogen) atoms. The van der Waals surface area contributed by atoms with Crippen molar-refractivity contribution in [1.29, 1.82) is 0 Å². The Morgan fingerprint density at radius 2 is 2.00 bits per heavy atom. The van der Waals surface area contributed by atoms with Gasteiger partial charge in [-0.15, -0.1) is 0 Å². The van der Waals surface area contributed by atoms with Crippen LogP contribution in [0.4, 0.5) is 11.4 Å². The highest BCUT2D eigenvalue weighted by Gasteiger charge is 2.21. The zero-order valence-electron chi connectivity index (χ0n) is 12.0. The molecule has 2 rings (SSSR count). The molecule has 4 N–H and O–H groups in total. The molecule has 0 radical (unpaired) electrons. The number of aromatic carboxylic acids is 1. The maximum absolute atomic E-state index is 11.2. The molecule has 1 saturated carbocycles. The maximum Gasteiger partial charge on any atom is 0.337 e. The number of carboxylic acids is 1.